The lowest BCUT2D eigenvalue weighted by Crippen LogP contribution is -2.35. The van der Waals surface area contributed by atoms with Crippen LogP contribution < -0.4 is 0 Å². The fraction of sp³-hybridized carbons (Fsp3) is 0.562. The summed E-state index contributed by atoms with van der Waals surface area (Å²) in [5.41, 5.74) is 3.44. The topological polar surface area (TPSA) is 70.4 Å². The number of benzene rings is 1. The minimum atomic E-state index is -3.65. The molecule has 0 fully saturated rings. The van der Waals surface area contributed by atoms with Crippen LogP contribution in [0.4, 0.5) is 0 Å². The van der Waals surface area contributed by atoms with E-state index < -0.39 is 10.0 Å². The lowest BCUT2D eigenvalue weighted by molar-refractivity contribution is 0.179. The molecule has 0 bridgehead atoms. The molecular weight excluding hydrogens is 300 g/mol. The van der Waals surface area contributed by atoms with Gasteiger partial charge in [0.1, 0.15) is 0 Å². The zero-order chi connectivity index (χ0) is 16.9. The Hall–Kier alpha value is -1.42. The van der Waals surface area contributed by atoms with Crippen molar-refractivity contribution in [2.75, 3.05) is 26.8 Å². The maximum absolute atomic E-state index is 13.1. The normalized spacial score (nSPS) is 11.7. The van der Waals surface area contributed by atoms with Crippen molar-refractivity contribution in [2.24, 2.45) is 0 Å². The van der Waals surface area contributed by atoms with E-state index in [1.54, 1.807) is 0 Å². The number of ether oxygens (including phenoxy) is 1. The molecular formula is C16H24N2O3S. The van der Waals surface area contributed by atoms with Crippen LogP contribution in [0.1, 0.15) is 28.7 Å². The average Bonchev–Trinajstić information content (AvgIpc) is 2.45. The van der Waals surface area contributed by atoms with Gasteiger partial charge in [0.05, 0.1) is 17.6 Å². The largest absolute Gasteiger partial charge is 0.383 e. The predicted molar refractivity (Wildman–Crippen MR) is 86.3 cm³/mol. The maximum Gasteiger partial charge on any atom is 0.243 e. The summed E-state index contributed by atoms with van der Waals surface area (Å²) < 4.78 is 32.4. The minimum absolute atomic E-state index is 0.159. The number of hydrogen-bond acceptors (Lipinski definition) is 4. The van der Waals surface area contributed by atoms with Crippen molar-refractivity contribution < 1.29 is 13.2 Å². The number of methoxy groups -OCH3 is 1. The third kappa shape index (κ3) is 3.86. The number of nitriles is 1. The molecule has 0 N–H and O–H groups in total. The standard InChI is InChI=1S/C16H24N2O3S/c1-12-11-13(2)15(4)16(14(12)3)22(19,20)18(8-6-7-17)9-10-21-5/h11H,6,8-10H2,1-5H3. The molecule has 22 heavy (non-hydrogen) atoms. The van der Waals surface area contributed by atoms with Crippen molar-refractivity contribution in [1.82, 2.24) is 4.31 Å². The van der Waals surface area contributed by atoms with Crippen molar-refractivity contribution >= 4 is 10.0 Å². The second kappa shape index (κ2) is 7.73. The van der Waals surface area contributed by atoms with Crippen LogP contribution in [0.3, 0.4) is 0 Å². The number of sulfonamides is 1. The van der Waals surface area contributed by atoms with Gasteiger partial charge in [-0.1, -0.05) is 6.07 Å². The van der Waals surface area contributed by atoms with Crippen LogP contribution in [0, 0.1) is 39.0 Å². The average molecular weight is 324 g/mol. The first-order chi connectivity index (χ1) is 10.3. The van der Waals surface area contributed by atoms with Crippen molar-refractivity contribution in [2.45, 2.75) is 39.0 Å². The summed E-state index contributed by atoms with van der Waals surface area (Å²) in [5, 5.41) is 8.77. The molecule has 5 nitrogen and oxygen atoms in total. The van der Waals surface area contributed by atoms with Gasteiger partial charge in [0, 0.05) is 26.6 Å². The molecule has 0 atom stereocenters. The summed E-state index contributed by atoms with van der Waals surface area (Å²) in [6, 6.07) is 4.00. The monoisotopic (exact) mass is 324 g/mol. The molecule has 0 radical (unpaired) electrons. The van der Waals surface area contributed by atoms with Gasteiger partial charge in [-0.05, 0) is 49.9 Å². The van der Waals surface area contributed by atoms with E-state index in [0.717, 1.165) is 22.3 Å². The molecule has 0 aliphatic heterocycles. The lowest BCUT2D eigenvalue weighted by atomic mass is 10.0. The van der Waals surface area contributed by atoms with Crippen LogP contribution in [0.2, 0.25) is 0 Å². The van der Waals surface area contributed by atoms with Crippen LogP contribution in [0.15, 0.2) is 11.0 Å². The third-order valence-electron chi connectivity index (χ3n) is 3.91. The van der Waals surface area contributed by atoms with E-state index in [1.807, 2.05) is 39.8 Å². The van der Waals surface area contributed by atoms with Crippen LogP contribution in [-0.4, -0.2) is 39.5 Å². The number of rotatable bonds is 7. The van der Waals surface area contributed by atoms with Gasteiger partial charge in [-0.15, -0.1) is 0 Å². The van der Waals surface area contributed by atoms with E-state index in [-0.39, 0.29) is 19.5 Å². The summed E-state index contributed by atoms with van der Waals surface area (Å²) in [6.07, 6.45) is 0.159. The van der Waals surface area contributed by atoms with Crippen LogP contribution >= 0.6 is 0 Å². The van der Waals surface area contributed by atoms with Gasteiger partial charge in [-0.25, -0.2) is 8.42 Å². The highest BCUT2D eigenvalue weighted by molar-refractivity contribution is 7.89. The molecule has 0 saturated heterocycles. The van der Waals surface area contributed by atoms with Gasteiger partial charge in [-0.2, -0.15) is 9.57 Å². The van der Waals surface area contributed by atoms with Gasteiger partial charge in [0.25, 0.3) is 0 Å². The molecule has 0 heterocycles. The number of nitrogens with zero attached hydrogens (tertiary/aromatic N) is 2. The second-order valence-electron chi connectivity index (χ2n) is 5.39. The molecule has 1 rings (SSSR count). The Morgan fingerprint density at radius 1 is 1.14 bits per heavy atom. The Bertz CT molecular complexity index is 649. The number of hydrogen-bond donors (Lipinski definition) is 0. The highest BCUT2D eigenvalue weighted by Gasteiger charge is 2.28. The summed E-state index contributed by atoms with van der Waals surface area (Å²) in [4.78, 5) is 0.360. The fourth-order valence-electron chi connectivity index (χ4n) is 2.42. The zero-order valence-corrected chi connectivity index (χ0v) is 14.7. The summed E-state index contributed by atoms with van der Waals surface area (Å²) >= 11 is 0. The Kier molecular flexibility index (Phi) is 6.54. The molecule has 0 aromatic heterocycles. The lowest BCUT2D eigenvalue weighted by Gasteiger charge is -2.24. The molecule has 0 spiro atoms. The molecule has 0 aliphatic rings. The van der Waals surface area contributed by atoms with Crippen molar-refractivity contribution in [3.05, 3.63) is 28.3 Å². The van der Waals surface area contributed by atoms with Gasteiger partial charge < -0.3 is 4.74 Å². The first kappa shape index (κ1) is 18.6. The Morgan fingerprint density at radius 3 is 2.14 bits per heavy atom. The van der Waals surface area contributed by atoms with Crippen molar-refractivity contribution in [1.29, 1.82) is 5.26 Å². The highest BCUT2D eigenvalue weighted by Crippen LogP contribution is 2.28. The Balaban J connectivity index is 3.40. The fourth-order valence-corrected chi connectivity index (χ4v) is 4.42. The molecule has 0 unspecified atom stereocenters. The van der Waals surface area contributed by atoms with E-state index in [0.29, 0.717) is 11.5 Å². The minimum Gasteiger partial charge on any atom is -0.383 e. The second-order valence-corrected chi connectivity index (χ2v) is 7.27. The Morgan fingerprint density at radius 2 is 1.68 bits per heavy atom. The highest BCUT2D eigenvalue weighted by atomic mass is 32.2. The quantitative estimate of drug-likeness (QED) is 0.772. The van der Waals surface area contributed by atoms with E-state index in [2.05, 4.69) is 0 Å². The van der Waals surface area contributed by atoms with Gasteiger partial charge >= 0.3 is 0 Å². The smallest absolute Gasteiger partial charge is 0.243 e. The van der Waals surface area contributed by atoms with E-state index in [4.69, 9.17) is 10.00 Å². The van der Waals surface area contributed by atoms with Crippen molar-refractivity contribution in [3.8, 4) is 6.07 Å². The summed E-state index contributed by atoms with van der Waals surface area (Å²) in [6.45, 7) is 8.19. The molecule has 6 heteroatoms. The van der Waals surface area contributed by atoms with E-state index in [1.165, 1.54) is 11.4 Å². The van der Waals surface area contributed by atoms with E-state index in [9.17, 15) is 8.42 Å². The number of aryl methyl sites for hydroxylation is 2. The Labute approximate surface area is 133 Å². The molecule has 0 saturated carbocycles. The third-order valence-corrected chi connectivity index (χ3v) is 6.09. The van der Waals surface area contributed by atoms with Crippen molar-refractivity contribution in [3.63, 3.8) is 0 Å². The summed E-state index contributed by atoms with van der Waals surface area (Å²) in [7, 11) is -2.12. The molecule has 0 aliphatic carbocycles. The molecule has 1 aromatic carbocycles. The van der Waals surface area contributed by atoms with Crippen LogP contribution in [0.25, 0.3) is 0 Å². The first-order valence-corrected chi connectivity index (χ1v) is 8.64. The maximum atomic E-state index is 13.1. The predicted octanol–water partition coefficient (Wildman–Crippen LogP) is 2.47. The first-order valence-electron chi connectivity index (χ1n) is 7.20. The summed E-state index contributed by atoms with van der Waals surface area (Å²) in [5.74, 6) is 0. The van der Waals surface area contributed by atoms with Gasteiger partial charge in [0.2, 0.25) is 10.0 Å². The van der Waals surface area contributed by atoms with E-state index >= 15 is 0 Å². The van der Waals surface area contributed by atoms with Crippen LogP contribution in [0.5, 0.6) is 0 Å². The van der Waals surface area contributed by atoms with Crippen LogP contribution in [-0.2, 0) is 14.8 Å². The van der Waals surface area contributed by atoms with Gasteiger partial charge in [-0.3, -0.25) is 0 Å². The molecule has 0 amide bonds. The molecule has 122 valence electrons. The zero-order valence-electron chi connectivity index (χ0n) is 13.9. The molecule has 1 aromatic rings. The SMILES string of the molecule is COCCN(CCC#N)S(=O)(=O)c1c(C)c(C)cc(C)c1C. The van der Waals surface area contributed by atoms with Gasteiger partial charge in [0.15, 0.2) is 0 Å².